The predicted octanol–water partition coefficient (Wildman–Crippen LogP) is 4.07. The van der Waals surface area contributed by atoms with Crippen molar-refractivity contribution < 1.29 is 0 Å². The first-order valence-electron chi connectivity index (χ1n) is 10.7. The fourth-order valence-corrected chi connectivity index (χ4v) is 5.87. The Bertz CT molecular complexity index is 1170. The van der Waals surface area contributed by atoms with Crippen molar-refractivity contribution in [3.05, 3.63) is 50.9 Å². The molecule has 1 N–H and O–H groups in total. The van der Waals surface area contributed by atoms with E-state index in [9.17, 15) is 10.1 Å². The largest absolute Gasteiger partial charge is 0.378 e. The zero-order chi connectivity index (χ0) is 20.5. The average molecular weight is 420 g/mol. The van der Waals surface area contributed by atoms with Gasteiger partial charge in [-0.3, -0.25) is 9.36 Å². The lowest BCUT2D eigenvalue weighted by Gasteiger charge is -2.18. The van der Waals surface area contributed by atoms with E-state index >= 15 is 0 Å². The molecule has 1 fully saturated rings. The van der Waals surface area contributed by atoms with E-state index in [0.717, 1.165) is 48.3 Å². The maximum Gasteiger partial charge on any atom is 0.263 e. The highest BCUT2D eigenvalue weighted by Gasteiger charge is 2.22. The van der Waals surface area contributed by atoms with Gasteiger partial charge in [-0.15, -0.1) is 11.3 Å². The van der Waals surface area contributed by atoms with E-state index in [1.165, 1.54) is 40.0 Å². The second kappa shape index (κ2) is 8.11. The zero-order valence-corrected chi connectivity index (χ0v) is 17.8. The van der Waals surface area contributed by atoms with Gasteiger partial charge in [-0.25, -0.2) is 4.98 Å². The molecular weight excluding hydrogens is 394 g/mol. The second-order valence-electron chi connectivity index (χ2n) is 8.06. The molecule has 0 spiro atoms. The summed E-state index contributed by atoms with van der Waals surface area (Å²) in [6, 6.07) is 10.6. The normalized spacial score (nSPS) is 15.9. The Morgan fingerprint density at radius 3 is 2.63 bits per heavy atom. The molecule has 1 aromatic carbocycles. The van der Waals surface area contributed by atoms with Gasteiger partial charge in [-0.1, -0.05) is 0 Å². The highest BCUT2D eigenvalue weighted by Crippen LogP contribution is 2.33. The lowest BCUT2D eigenvalue weighted by Crippen LogP contribution is -2.26. The summed E-state index contributed by atoms with van der Waals surface area (Å²) in [7, 11) is 0. The minimum atomic E-state index is -0.0675. The predicted molar refractivity (Wildman–Crippen MR) is 121 cm³/mol. The van der Waals surface area contributed by atoms with E-state index in [1.54, 1.807) is 11.3 Å². The molecule has 1 aliphatic heterocycles. The van der Waals surface area contributed by atoms with Gasteiger partial charge in [0.1, 0.15) is 17.2 Å². The molecule has 0 atom stereocenters. The van der Waals surface area contributed by atoms with E-state index in [1.807, 2.05) is 0 Å². The van der Waals surface area contributed by atoms with Crippen LogP contribution in [0.4, 0.5) is 11.4 Å². The molecule has 0 unspecified atom stereocenters. The minimum absolute atomic E-state index is 0.0251. The van der Waals surface area contributed by atoms with Gasteiger partial charge in [0.2, 0.25) is 0 Å². The van der Waals surface area contributed by atoms with Crippen LogP contribution < -0.4 is 15.8 Å². The van der Waals surface area contributed by atoms with Gasteiger partial charge >= 0.3 is 0 Å². The molecule has 6 nitrogen and oxygen atoms in total. The molecule has 1 saturated heterocycles. The van der Waals surface area contributed by atoms with Gasteiger partial charge < -0.3 is 10.2 Å². The van der Waals surface area contributed by atoms with Gasteiger partial charge in [0.15, 0.2) is 0 Å². The van der Waals surface area contributed by atoms with Gasteiger partial charge in [0, 0.05) is 29.3 Å². The summed E-state index contributed by atoms with van der Waals surface area (Å²) in [5.41, 5.74) is 3.34. The van der Waals surface area contributed by atoms with Crippen molar-refractivity contribution in [2.75, 3.05) is 23.3 Å². The molecule has 7 heteroatoms. The van der Waals surface area contributed by atoms with Crippen LogP contribution >= 0.6 is 11.3 Å². The highest BCUT2D eigenvalue weighted by atomic mass is 32.1. The quantitative estimate of drug-likeness (QED) is 0.675. The average Bonchev–Trinajstić information content (AvgIpc) is 3.43. The lowest BCUT2D eigenvalue weighted by molar-refractivity contribution is 0.692. The molecule has 5 rings (SSSR count). The number of hydrogen-bond acceptors (Lipinski definition) is 6. The molecule has 0 saturated carbocycles. The molecule has 30 heavy (non-hydrogen) atoms. The summed E-state index contributed by atoms with van der Waals surface area (Å²) in [4.78, 5) is 22.6. The molecule has 3 aromatic rings. The van der Waals surface area contributed by atoms with Crippen LogP contribution in [0.1, 0.15) is 41.9 Å². The van der Waals surface area contributed by atoms with Crippen LogP contribution in [0.25, 0.3) is 10.2 Å². The van der Waals surface area contributed by atoms with Gasteiger partial charge in [0.25, 0.3) is 5.56 Å². The van der Waals surface area contributed by atoms with Crippen LogP contribution in [-0.2, 0) is 25.9 Å². The first-order valence-corrected chi connectivity index (χ1v) is 11.6. The Kier molecular flexibility index (Phi) is 5.17. The molecular formula is C23H25N5OS. The van der Waals surface area contributed by atoms with Crippen molar-refractivity contribution in [3.8, 4) is 6.07 Å². The number of hydrogen-bond donors (Lipinski definition) is 1. The third-order valence-electron chi connectivity index (χ3n) is 6.17. The Morgan fingerprint density at radius 1 is 1.10 bits per heavy atom. The standard InChI is InChI=1S/C23H25N5OS/c24-11-14-28-20(15-25-16-7-9-17(10-8-16)27-12-3-4-13-27)26-22-21(23(28)29)18-5-1-2-6-19(18)30-22/h7-10,25H,1-6,12-15H2. The fourth-order valence-electron chi connectivity index (χ4n) is 4.60. The lowest BCUT2D eigenvalue weighted by atomic mass is 9.97. The Morgan fingerprint density at radius 2 is 1.87 bits per heavy atom. The molecule has 2 aliphatic rings. The number of benzene rings is 1. The van der Waals surface area contributed by atoms with Crippen LogP contribution in [0.5, 0.6) is 0 Å². The summed E-state index contributed by atoms with van der Waals surface area (Å²) < 4.78 is 1.54. The number of nitriles is 1. The molecule has 3 heterocycles. The van der Waals surface area contributed by atoms with Crippen molar-refractivity contribution >= 4 is 32.9 Å². The van der Waals surface area contributed by atoms with Gasteiger partial charge in [-0.05, 0) is 68.4 Å². The SMILES string of the molecule is N#CCn1c(CNc2ccc(N3CCCC3)cc2)nc2sc3c(c2c1=O)CCCC3. The molecule has 2 aromatic heterocycles. The number of rotatable bonds is 5. The molecule has 0 radical (unpaired) electrons. The molecule has 154 valence electrons. The third kappa shape index (κ3) is 3.46. The molecule has 0 amide bonds. The van der Waals surface area contributed by atoms with Crippen molar-refractivity contribution in [3.63, 3.8) is 0 Å². The summed E-state index contributed by atoms with van der Waals surface area (Å²) in [6.45, 7) is 2.69. The number of anilines is 2. The fraction of sp³-hybridized carbons (Fsp3) is 0.435. The monoisotopic (exact) mass is 419 g/mol. The Labute approximate surface area is 179 Å². The van der Waals surface area contributed by atoms with Crippen molar-refractivity contribution in [1.82, 2.24) is 9.55 Å². The Balaban J connectivity index is 1.42. The van der Waals surface area contributed by atoms with E-state index in [-0.39, 0.29) is 12.1 Å². The topological polar surface area (TPSA) is 74.0 Å². The van der Waals surface area contributed by atoms with Crippen LogP contribution in [0.15, 0.2) is 29.1 Å². The summed E-state index contributed by atoms with van der Waals surface area (Å²) >= 11 is 1.65. The third-order valence-corrected chi connectivity index (χ3v) is 7.36. The Hall–Kier alpha value is -2.85. The number of aromatic nitrogens is 2. The van der Waals surface area contributed by atoms with E-state index < -0.39 is 0 Å². The number of nitrogens with one attached hydrogen (secondary N) is 1. The maximum absolute atomic E-state index is 13.2. The first kappa shape index (κ1) is 19.1. The molecule has 0 bridgehead atoms. The summed E-state index contributed by atoms with van der Waals surface area (Å²) in [5.74, 6) is 0.622. The number of aryl methyl sites for hydroxylation is 2. The van der Waals surface area contributed by atoms with E-state index in [4.69, 9.17) is 4.98 Å². The molecule has 1 aliphatic carbocycles. The summed E-state index contributed by atoms with van der Waals surface area (Å²) in [6.07, 6.45) is 6.79. The zero-order valence-electron chi connectivity index (χ0n) is 17.0. The maximum atomic E-state index is 13.2. The van der Waals surface area contributed by atoms with Crippen molar-refractivity contribution in [2.45, 2.75) is 51.6 Å². The van der Waals surface area contributed by atoms with Crippen molar-refractivity contribution in [2.24, 2.45) is 0 Å². The smallest absolute Gasteiger partial charge is 0.263 e. The number of fused-ring (bicyclic) bond motifs is 3. The van der Waals surface area contributed by atoms with Crippen LogP contribution in [0, 0.1) is 11.3 Å². The van der Waals surface area contributed by atoms with Gasteiger partial charge in [-0.2, -0.15) is 5.26 Å². The highest BCUT2D eigenvalue weighted by molar-refractivity contribution is 7.18. The number of thiophene rings is 1. The minimum Gasteiger partial charge on any atom is -0.378 e. The number of nitrogens with zero attached hydrogens (tertiary/aromatic N) is 4. The van der Waals surface area contributed by atoms with Crippen molar-refractivity contribution in [1.29, 1.82) is 5.26 Å². The first-order chi connectivity index (χ1) is 14.7. The van der Waals surface area contributed by atoms with E-state index in [0.29, 0.717) is 12.4 Å². The van der Waals surface area contributed by atoms with Gasteiger partial charge in [0.05, 0.1) is 18.0 Å². The van der Waals surface area contributed by atoms with Crippen LogP contribution in [0.2, 0.25) is 0 Å². The van der Waals surface area contributed by atoms with Crippen LogP contribution in [0.3, 0.4) is 0 Å². The summed E-state index contributed by atoms with van der Waals surface area (Å²) in [5, 5.41) is 13.4. The van der Waals surface area contributed by atoms with E-state index in [2.05, 4.69) is 40.6 Å². The second-order valence-corrected chi connectivity index (χ2v) is 9.15. The van der Waals surface area contributed by atoms with Crippen LogP contribution in [-0.4, -0.2) is 22.6 Å².